The SMILES string of the molecule is CCN(CC)c1ccc(-n2c(C)cc([C@H]3[C@@H](c4ccccn4)NC(=S)N3CCCOC)c2C)cc1. The first-order valence-electron chi connectivity index (χ1n) is 12.5. The Balaban J connectivity index is 1.73. The molecule has 7 heteroatoms. The Morgan fingerprint density at radius 1 is 1.09 bits per heavy atom. The van der Waals surface area contributed by atoms with Crippen molar-refractivity contribution in [1.82, 2.24) is 19.8 Å². The molecule has 0 bridgehead atoms. The molecule has 1 aromatic carbocycles. The van der Waals surface area contributed by atoms with Crippen molar-refractivity contribution >= 4 is 23.0 Å². The van der Waals surface area contributed by atoms with Gasteiger partial charge in [0.1, 0.15) is 0 Å². The lowest BCUT2D eigenvalue weighted by Crippen LogP contribution is -2.31. The molecule has 35 heavy (non-hydrogen) atoms. The van der Waals surface area contributed by atoms with Gasteiger partial charge in [-0.3, -0.25) is 4.98 Å². The van der Waals surface area contributed by atoms with Crippen LogP contribution in [0.4, 0.5) is 5.69 Å². The van der Waals surface area contributed by atoms with E-state index in [1.807, 2.05) is 18.3 Å². The normalized spacial score (nSPS) is 17.6. The number of benzene rings is 1. The zero-order valence-corrected chi connectivity index (χ0v) is 22.3. The number of pyridine rings is 1. The number of aryl methyl sites for hydroxylation is 1. The first kappa shape index (κ1) is 25.2. The molecule has 0 amide bonds. The second-order valence-electron chi connectivity index (χ2n) is 9.02. The maximum atomic E-state index is 5.82. The second kappa shape index (κ2) is 11.2. The number of anilines is 1. The lowest BCUT2D eigenvalue weighted by Gasteiger charge is -2.28. The second-order valence-corrected chi connectivity index (χ2v) is 9.40. The van der Waals surface area contributed by atoms with Gasteiger partial charge in [0.15, 0.2) is 5.11 Å². The fraction of sp³-hybridized carbons (Fsp3) is 0.429. The summed E-state index contributed by atoms with van der Waals surface area (Å²) in [4.78, 5) is 9.35. The Bertz CT molecular complexity index is 1120. The largest absolute Gasteiger partial charge is 0.385 e. The third-order valence-corrected chi connectivity index (χ3v) is 7.32. The number of hydrogen-bond acceptors (Lipinski definition) is 4. The van der Waals surface area contributed by atoms with Crippen LogP contribution >= 0.6 is 12.2 Å². The van der Waals surface area contributed by atoms with Gasteiger partial charge in [-0.15, -0.1) is 0 Å². The molecule has 1 saturated heterocycles. The van der Waals surface area contributed by atoms with Crippen molar-refractivity contribution in [2.75, 3.05) is 38.3 Å². The minimum absolute atomic E-state index is 0.00904. The van der Waals surface area contributed by atoms with E-state index in [9.17, 15) is 0 Å². The molecule has 2 aromatic heterocycles. The van der Waals surface area contributed by atoms with Crippen LogP contribution in [0, 0.1) is 13.8 Å². The van der Waals surface area contributed by atoms with Crippen LogP contribution in [0.15, 0.2) is 54.7 Å². The zero-order chi connectivity index (χ0) is 24.9. The highest BCUT2D eigenvalue weighted by Crippen LogP contribution is 2.41. The van der Waals surface area contributed by atoms with Crippen LogP contribution in [0.5, 0.6) is 0 Å². The van der Waals surface area contributed by atoms with Crippen LogP contribution in [-0.2, 0) is 4.74 Å². The summed E-state index contributed by atoms with van der Waals surface area (Å²) in [6, 6.07) is 17.3. The van der Waals surface area contributed by atoms with Crippen LogP contribution < -0.4 is 10.2 Å². The molecule has 0 spiro atoms. The molecule has 6 nitrogen and oxygen atoms in total. The first-order valence-corrected chi connectivity index (χ1v) is 12.9. The van der Waals surface area contributed by atoms with Gasteiger partial charge in [-0.1, -0.05) is 6.07 Å². The van der Waals surface area contributed by atoms with E-state index in [1.165, 1.54) is 28.3 Å². The Morgan fingerprint density at radius 3 is 2.46 bits per heavy atom. The quantitative estimate of drug-likeness (QED) is 0.305. The van der Waals surface area contributed by atoms with Crippen LogP contribution in [0.25, 0.3) is 5.69 Å². The molecule has 1 N–H and O–H groups in total. The monoisotopic (exact) mass is 491 g/mol. The van der Waals surface area contributed by atoms with E-state index >= 15 is 0 Å². The van der Waals surface area contributed by atoms with Crippen LogP contribution in [0.3, 0.4) is 0 Å². The highest BCUT2D eigenvalue weighted by Gasteiger charge is 2.41. The summed E-state index contributed by atoms with van der Waals surface area (Å²) >= 11 is 5.82. The van der Waals surface area contributed by atoms with Crippen LogP contribution in [0.2, 0.25) is 0 Å². The molecule has 186 valence electrons. The van der Waals surface area contributed by atoms with Crippen molar-refractivity contribution in [3.63, 3.8) is 0 Å². The van der Waals surface area contributed by atoms with Gasteiger partial charge in [-0.25, -0.2) is 0 Å². The van der Waals surface area contributed by atoms with E-state index in [2.05, 4.69) is 88.8 Å². The van der Waals surface area contributed by atoms with E-state index in [0.29, 0.717) is 6.61 Å². The van der Waals surface area contributed by atoms with Crippen molar-refractivity contribution in [2.45, 2.75) is 46.2 Å². The molecular weight excluding hydrogens is 454 g/mol. The lowest BCUT2D eigenvalue weighted by atomic mass is 9.96. The summed E-state index contributed by atoms with van der Waals surface area (Å²) in [5, 5.41) is 4.34. The minimum Gasteiger partial charge on any atom is -0.385 e. The molecule has 1 aliphatic rings. The number of methoxy groups -OCH3 is 1. The Morgan fingerprint density at radius 2 is 1.83 bits per heavy atom. The number of aromatic nitrogens is 2. The molecule has 2 atom stereocenters. The molecular formula is C28H37N5OS. The molecule has 0 unspecified atom stereocenters. The van der Waals surface area contributed by atoms with Gasteiger partial charge < -0.3 is 24.4 Å². The van der Waals surface area contributed by atoms with E-state index in [0.717, 1.165) is 36.9 Å². The van der Waals surface area contributed by atoms with E-state index in [4.69, 9.17) is 17.0 Å². The maximum absolute atomic E-state index is 5.82. The average Bonchev–Trinajstić information content (AvgIpc) is 3.36. The van der Waals surface area contributed by atoms with E-state index < -0.39 is 0 Å². The fourth-order valence-electron chi connectivity index (χ4n) is 5.25. The Kier molecular flexibility index (Phi) is 8.08. The summed E-state index contributed by atoms with van der Waals surface area (Å²) in [6.07, 6.45) is 2.76. The smallest absolute Gasteiger partial charge is 0.170 e. The lowest BCUT2D eigenvalue weighted by molar-refractivity contribution is 0.180. The van der Waals surface area contributed by atoms with E-state index in [-0.39, 0.29) is 12.1 Å². The zero-order valence-electron chi connectivity index (χ0n) is 21.5. The van der Waals surface area contributed by atoms with Crippen LogP contribution in [0.1, 0.15) is 55.0 Å². The number of hydrogen-bond donors (Lipinski definition) is 1. The summed E-state index contributed by atoms with van der Waals surface area (Å²) in [5.74, 6) is 0. The van der Waals surface area contributed by atoms with Gasteiger partial charge in [-0.05, 0) is 94.4 Å². The van der Waals surface area contributed by atoms with E-state index in [1.54, 1.807) is 7.11 Å². The highest BCUT2D eigenvalue weighted by molar-refractivity contribution is 7.80. The molecule has 4 rings (SSSR count). The fourth-order valence-corrected chi connectivity index (χ4v) is 5.58. The number of thiocarbonyl (C=S) groups is 1. The van der Waals surface area contributed by atoms with Crippen molar-refractivity contribution in [3.05, 3.63) is 77.4 Å². The number of rotatable bonds is 10. The van der Waals surface area contributed by atoms with Gasteiger partial charge >= 0.3 is 0 Å². The molecule has 0 aliphatic carbocycles. The third-order valence-electron chi connectivity index (χ3n) is 6.97. The maximum Gasteiger partial charge on any atom is 0.170 e. The van der Waals surface area contributed by atoms with Gasteiger partial charge in [0, 0.05) is 62.3 Å². The molecule has 0 radical (unpaired) electrons. The van der Waals surface area contributed by atoms with Crippen molar-refractivity contribution in [2.24, 2.45) is 0 Å². The van der Waals surface area contributed by atoms with Gasteiger partial charge in [0.05, 0.1) is 17.8 Å². The predicted octanol–water partition coefficient (Wildman–Crippen LogP) is 5.34. The van der Waals surface area contributed by atoms with Crippen molar-refractivity contribution in [3.8, 4) is 5.69 Å². The highest BCUT2D eigenvalue weighted by atomic mass is 32.1. The Hall–Kier alpha value is -2.90. The molecule has 1 fully saturated rings. The van der Waals surface area contributed by atoms with Crippen molar-refractivity contribution in [1.29, 1.82) is 0 Å². The van der Waals surface area contributed by atoms with Crippen molar-refractivity contribution < 1.29 is 4.74 Å². The topological polar surface area (TPSA) is 45.6 Å². The minimum atomic E-state index is -0.00904. The molecule has 3 aromatic rings. The van der Waals surface area contributed by atoms with Gasteiger partial charge in [0.25, 0.3) is 0 Å². The third kappa shape index (κ3) is 5.07. The predicted molar refractivity (Wildman–Crippen MR) is 147 cm³/mol. The number of nitrogens with zero attached hydrogens (tertiary/aromatic N) is 4. The Labute approximate surface area is 214 Å². The summed E-state index contributed by atoms with van der Waals surface area (Å²) in [7, 11) is 1.74. The van der Waals surface area contributed by atoms with Gasteiger partial charge in [0.2, 0.25) is 0 Å². The molecule has 3 heterocycles. The summed E-state index contributed by atoms with van der Waals surface area (Å²) in [6.45, 7) is 12.3. The first-order chi connectivity index (χ1) is 17.0. The van der Waals surface area contributed by atoms with Crippen LogP contribution in [-0.4, -0.2) is 52.9 Å². The molecule has 1 aliphatic heterocycles. The molecule has 0 saturated carbocycles. The number of nitrogens with one attached hydrogen (secondary N) is 1. The number of ether oxygens (including phenoxy) is 1. The summed E-state index contributed by atoms with van der Waals surface area (Å²) in [5.41, 5.74) is 7.15. The summed E-state index contributed by atoms with van der Waals surface area (Å²) < 4.78 is 7.68. The average molecular weight is 492 g/mol. The van der Waals surface area contributed by atoms with Gasteiger partial charge in [-0.2, -0.15) is 0 Å². The standard InChI is InChI=1S/C28H37N5OS/c1-6-31(7-2)22-12-14-23(15-13-22)33-20(3)19-24(21(33)4)27-26(25-11-8-9-16-29-25)30-28(35)32(27)17-10-18-34-5/h8-9,11-16,19,26-27H,6-7,10,17-18H2,1-5H3,(H,30,35)/t26-,27+/m1/s1.